The van der Waals surface area contributed by atoms with Crippen molar-refractivity contribution in [2.75, 3.05) is 31.5 Å². The molecule has 1 aliphatic carbocycles. The third-order valence-electron chi connectivity index (χ3n) is 6.91. The third kappa shape index (κ3) is 5.13. The van der Waals surface area contributed by atoms with E-state index in [-0.39, 0.29) is 17.2 Å². The summed E-state index contributed by atoms with van der Waals surface area (Å²) in [4.78, 5) is 37.5. The summed E-state index contributed by atoms with van der Waals surface area (Å²) in [6.07, 6.45) is 13.3. The highest BCUT2D eigenvalue weighted by molar-refractivity contribution is 5.98. The Labute approximate surface area is 173 Å². The summed E-state index contributed by atoms with van der Waals surface area (Å²) in [6, 6.07) is 2.26. The van der Waals surface area contributed by atoms with Crippen LogP contribution in [-0.4, -0.2) is 63.8 Å². The Morgan fingerprint density at radius 3 is 2.24 bits per heavy atom. The van der Waals surface area contributed by atoms with Gasteiger partial charge in [0.15, 0.2) is 0 Å². The van der Waals surface area contributed by atoms with Crippen LogP contribution < -0.4 is 5.32 Å². The third-order valence-corrected chi connectivity index (χ3v) is 6.91. The van der Waals surface area contributed by atoms with E-state index >= 15 is 0 Å². The van der Waals surface area contributed by atoms with Crippen molar-refractivity contribution in [3.05, 3.63) is 18.5 Å². The normalized spacial score (nSPS) is 23.1. The first-order valence-corrected chi connectivity index (χ1v) is 11.2. The molecule has 1 spiro atoms. The zero-order chi connectivity index (χ0) is 20.1. The topological polar surface area (TPSA) is 78.4 Å². The monoisotopic (exact) mass is 399 g/mol. The van der Waals surface area contributed by atoms with Crippen LogP contribution in [0, 0.1) is 5.41 Å². The number of amides is 2. The lowest BCUT2D eigenvalue weighted by Crippen LogP contribution is -2.47. The number of rotatable bonds is 7. The molecule has 0 bridgehead atoms. The van der Waals surface area contributed by atoms with Crippen LogP contribution in [-0.2, 0) is 9.59 Å². The smallest absolute Gasteiger partial charge is 0.229 e. The highest BCUT2D eigenvalue weighted by atomic mass is 16.2. The molecule has 1 N–H and O–H groups in total. The number of nitrogens with one attached hydrogen (secondary N) is 1. The number of anilines is 1. The van der Waals surface area contributed by atoms with Crippen molar-refractivity contribution >= 4 is 17.8 Å². The lowest BCUT2D eigenvalue weighted by molar-refractivity contribution is -0.153. The van der Waals surface area contributed by atoms with Crippen molar-refractivity contribution in [3.63, 3.8) is 0 Å². The van der Waals surface area contributed by atoms with E-state index in [1.165, 1.54) is 12.8 Å². The van der Waals surface area contributed by atoms with Crippen LogP contribution in [0.5, 0.6) is 0 Å². The number of hydrogen-bond acceptors (Lipinski definition) is 6. The average molecular weight is 400 g/mol. The Kier molecular flexibility index (Phi) is 6.43. The van der Waals surface area contributed by atoms with Gasteiger partial charge in [-0.15, -0.1) is 0 Å². The van der Waals surface area contributed by atoms with E-state index in [2.05, 4.69) is 20.2 Å². The van der Waals surface area contributed by atoms with E-state index in [0.29, 0.717) is 31.4 Å². The highest BCUT2D eigenvalue weighted by Crippen LogP contribution is 2.46. The Balaban J connectivity index is 1.13. The number of aromatic nitrogens is 2. The summed E-state index contributed by atoms with van der Waals surface area (Å²) in [5.41, 5.74) is 0.00777. The first-order chi connectivity index (χ1) is 14.1. The second kappa shape index (κ2) is 9.20. The summed E-state index contributed by atoms with van der Waals surface area (Å²) in [6.45, 7) is 3.76. The van der Waals surface area contributed by atoms with Crippen molar-refractivity contribution < 1.29 is 9.59 Å². The maximum absolute atomic E-state index is 12.5. The van der Waals surface area contributed by atoms with E-state index in [9.17, 15) is 9.59 Å². The molecule has 7 nitrogen and oxygen atoms in total. The van der Waals surface area contributed by atoms with Crippen LogP contribution in [0.25, 0.3) is 0 Å². The molecule has 3 heterocycles. The molecule has 1 aromatic rings. The summed E-state index contributed by atoms with van der Waals surface area (Å²) >= 11 is 0. The fourth-order valence-electron chi connectivity index (χ4n) is 5.22. The number of unbranched alkanes of at least 4 members (excludes halogenated alkanes) is 1. The zero-order valence-corrected chi connectivity index (χ0v) is 17.3. The molecule has 1 saturated carbocycles. The van der Waals surface area contributed by atoms with Gasteiger partial charge in [-0.05, 0) is 56.6 Å². The van der Waals surface area contributed by atoms with Gasteiger partial charge in [0.05, 0.1) is 0 Å². The van der Waals surface area contributed by atoms with Gasteiger partial charge in [-0.2, -0.15) is 0 Å². The number of nitrogens with zero attached hydrogens (tertiary/aromatic N) is 4. The Morgan fingerprint density at radius 1 is 0.966 bits per heavy atom. The maximum Gasteiger partial charge on any atom is 0.229 e. The molecule has 7 heteroatoms. The van der Waals surface area contributed by atoms with Crippen LogP contribution in [0.1, 0.15) is 64.2 Å². The van der Waals surface area contributed by atoms with Crippen LogP contribution in [0.3, 0.4) is 0 Å². The second-order valence-corrected chi connectivity index (χ2v) is 9.04. The van der Waals surface area contributed by atoms with Gasteiger partial charge in [0.25, 0.3) is 0 Å². The standard InChI is InChI=1S/C22H33N5O2/c28-19-16-22(8-1-2-9-22)17-20(29)27(19)13-4-3-12-26-14-6-18(7-15-26)25-21-23-10-5-11-24-21/h5,10-11,18H,1-4,6-9,12-17H2,(H,23,24,25). The quantitative estimate of drug-likeness (QED) is 0.561. The van der Waals surface area contributed by atoms with E-state index in [1.54, 1.807) is 17.3 Å². The van der Waals surface area contributed by atoms with Crippen LogP contribution in [0.15, 0.2) is 18.5 Å². The number of imide groups is 1. The molecule has 0 atom stereocenters. The van der Waals surface area contributed by atoms with Crippen molar-refractivity contribution in [2.24, 2.45) is 5.41 Å². The number of hydrogen-bond donors (Lipinski definition) is 1. The van der Waals surface area contributed by atoms with Crippen molar-refractivity contribution in [1.29, 1.82) is 0 Å². The molecule has 29 heavy (non-hydrogen) atoms. The number of carbonyl (C=O) groups excluding carboxylic acids is 2. The minimum atomic E-state index is 0.00777. The summed E-state index contributed by atoms with van der Waals surface area (Å²) < 4.78 is 0. The minimum absolute atomic E-state index is 0.00777. The summed E-state index contributed by atoms with van der Waals surface area (Å²) in [7, 11) is 0. The number of piperidine rings is 2. The lowest BCUT2D eigenvalue weighted by atomic mass is 9.76. The molecule has 0 radical (unpaired) electrons. The average Bonchev–Trinajstić information content (AvgIpc) is 3.16. The second-order valence-electron chi connectivity index (χ2n) is 9.04. The first-order valence-electron chi connectivity index (χ1n) is 11.2. The van der Waals surface area contributed by atoms with Gasteiger partial charge < -0.3 is 10.2 Å². The van der Waals surface area contributed by atoms with Gasteiger partial charge in [0.2, 0.25) is 17.8 Å². The van der Waals surface area contributed by atoms with E-state index in [4.69, 9.17) is 0 Å². The summed E-state index contributed by atoms with van der Waals surface area (Å²) in [5.74, 6) is 0.845. The molecule has 4 rings (SSSR count). The van der Waals surface area contributed by atoms with E-state index in [1.807, 2.05) is 6.07 Å². The molecule has 0 aromatic carbocycles. The lowest BCUT2D eigenvalue weighted by Gasteiger charge is -2.37. The van der Waals surface area contributed by atoms with Crippen LogP contribution in [0.2, 0.25) is 0 Å². The van der Waals surface area contributed by atoms with E-state index in [0.717, 1.165) is 58.2 Å². The highest BCUT2D eigenvalue weighted by Gasteiger charge is 2.44. The minimum Gasteiger partial charge on any atom is -0.351 e. The van der Waals surface area contributed by atoms with Crippen LogP contribution >= 0.6 is 0 Å². The molecular weight excluding hydrogens is 366 g/mol. The van der Waals surface area contributed by atoms with E-state index < -0.39 is 0 Å². The van der Waals surface area contributed by atoms with Crippen LogP contribution in [0.4, 0.5) is 5.95 Å². The molecule has 3 fully saturated rings. The van der Waals surface area contributed by atoms with Crippen molar-refractivity contribution in [1.82, 2.24) is 19.8 Å². The first kappa shape index (κ1) is 20.3. The Bertz CT molecular complexity index is 676. The Morgan fingerprint density at radius 2 is 1.59 bits per heavy atom. The number of likely N-dealkylation sites (tertiary alicyclic amines) is 2. The molecule has 3 aliphatic rings. The molecular formula is C22H33N5O2. The number of carbonyl (C=O) groups is 2. The fourth-order valence-corrected chi connectivity index (χ4v) is 5.22. The van der Waals surface area contributed by atoms with Crippen molar-refractivity contribution in [2.45, 2.75) is 70.3 Å². The maximum atomic E-state index is 12.5. The van der Waals surface area contributed by atoms with Gasteiger partial charge in [-0.25, -0.2) is 9.97 Å². The van der Waals surface area contributed by atoms with Gasteiger partial charge in [-0.3, -0.25) is 14.5 Å². The molecule has 2 amide bonds. The predicted molar refractivity (Wildman–Crippen MR) is 111 cm³/mol. The van der Waals surface area contributed by atoms with Crippen molar-refractivity contribution in [3.8, 4) is 0 Å². The molecule has 2 saturated heterocycles. The zero-order valence-electron chi connectivity index (χ0n) is 17.3. The van der Waals surface area contributed by atoms with Gasteiger partial charge in [0, 0.05) is 50.9 Å². The molecule has 158 valence electrons. The molecule has 0 unspecified atom stereocenters. The molecule has 1 aromatic heterocycles. The van der Waals surface area contributed by atoms with Gasteiger partial charge >= 0.3 is 0 Å². The predicted octanol–water partition coefficient (Wildman–Crippen LogP) is 2.84. The largest absolute Gasteiger partial charge is 0.351 e. The Hall–Kier alpha value is -2.02. The fraction of sp³-hybridized carbons (Fsp3) is 0.727. The van der Waals surface area contributed by atoms with Gasteiger partial charge in [-0.1, -0.05) is 12.8 Å². The molecule has 2 aliphatic heterocycles. The summed E-state index contributed by atoms with van der Waals surface area (Å²) in [5, 5.41) is 3.41. The van der Waals surface area contributed by atoms with Gasteiger partial charge in [0.1, 0.15) is 0 Å². The SMILES string of the molecule is O=C1CC2(CCCC2)CC(=O)N1CCCCN1CCC(Nc2ncccn2)CC1.